The molecule has 0 atom stereocenters. The van der Waals surface area contributed by atoms with E-state index in [9.17, 15) is 16.8 Å². The van der Waals surface area contributed by atoms with Gasteiger partial charge in [-0.3, -0.25) is 9.11 Å². The van der Waals surface area contributed by atoms with Gasteiger partial charge in [0.1, 0.15) is 0 Å². The molecule has 0 aliphatic rings. The molecule has 6 nitrogen and oxygen atoms in total. The summed E-state index contributed by atoms with van der Waals surface area (Å²) in [5.41, 5.74) is 2.49. The van der Waals surface area contributed by atoms with Gasteiger partial charge in [0.2, 0.25) is 0 Å². The molecule has 0 amide bonds. The van der Waals surface area contributed by atoms with Crippen molar-refractivity contribution in [2.75, 3.05) is 0 Å². The van der Waals surface area contributed by atoms with Crippen LogP contribution in [0.4, 0.5) is 0 Å². The van der Waals surface area contributed by atoms with E-state index in [0.717, 1.165) is 11.1 Å². The van der Waals surface area contributed by atoms with E-state index in [4.69, 9.17) is 9.11 Å². The Balaban J connectivity index is 2.23. The Bertz CT molecular complexity index is 982. The lowest BCUT2D eigenvalue weighted by atomic mass is 10.0. The predicted octanol–water partition coefficient (Wildman–Crippen LogP) is 1.75. The van der Waals surface area contributed by atoms with E-state index >= 15 is 0 Å². The fourth-order valence-electron chi connectivity index (χ4n) is 1.74. The Morgan fingerprint density at radius 1 is 0.583 bits per heavy atom. The van der Waals surface area contributed by atoms with E-state index < -0.39 is 20.2 Å². The highest BCUT2D eigenvalue weighted by Gasteiger charge is 2.00. The second kappa shape index (κ2) is 6.87. The van der Waals surface area contributed by atoms with E-state index in [2.05, 4.69) is 11.8 Å². The minimum absolute atomic E-state index is 0.423. The first kappa shape index (κ1) is 17.7. The van der Waals surface area contributed by atoms with Gasteiger partial charge in [0.15, 0.2) is 0 Å². The minimum Gasteiger partial charge on any atom is -0.276 e. The molecule has 2 N–H and O–H groups in total. The van der Waals surface area contributed by atoms with Gasteiger partial charge >= 0.3 is 20.2 Å². The lowest BCUT2D eigenvalue weighted by Crippen LogP contribution is -1.90. The van der Waals surface area contributed by atoms with Crippen molar-refractivity contribution in [2.45, 2.75) is 0 Å². The number of benzene rings is 2. The summed E-state index contributed by atoms with van der Waals surface area (Å²) in [5.74, 6) is 4.63. The van der Waals surface area contributed by atoms with Crippen LogP contribution in [-0.2, 0) is 20.2 Å². The molecule has 0 spiro atoms. The number of rotatable bonds is 1. The molecule has 0 aliphatic heterocycles. The summed E-state index contributed by atoms with van der Waals surface area (Å²) < 4.78 is 59.4. The number of hydrogen-bond donors (Lipinski definition) is 2. The van der Waals surface area contributed by atoms with E-state index in [-0.39, 0.29) is 0 Å². The van der Waals surface area contributed by atoms with Gasteiger partial charge in [-0.05, 0) is 47.2 Å². The van der Waals surface area contributed by atoms with Crippen LogP contribution in [0.25, 0.3) is 11.1 Å². The largest absolute Gasteiger partial charge is 0.335 e. The topological polar surface area (TPSA) is 109 Å². The summed E-state index contributed by atoms with van der Waals surface area (Å²) in [6, 6.07) is 13.2. The van der Waals surface area contributed by atoms with Gasteiger partial charge < -0.3 is 0 Å². The highest BCUT2D eigenvalue weighted by molar-refractivity contribution is 7.90. The highest BCUT2D eigenvalue weighted by Crippen LogP contribution is 2.20. The standard InChI is InChI=1S/C16H10O6S2/c17-23(18,19)11-9-13-1-5-15(6-2-13)16-7-3-14(4-8-16)10-12-24(20,21)22/h1-8H,(H,17,18,19)(H,20,21,22). The third kappa shape index (κ3) is 5.88. The Hall–Kier alpha value is -2.62. The van der Waals surface area contributed by atoms with Gasteiger partial charge in [-0.1, -0.05) is 24.3 Å². The molecule has 0 radical (unpaired) electrons. The van der Waals surface area contributed by atoms with Gasteiger partial charge in [0.25, 0.3) is 0 Å². The van der Waals surface area contributed by atoms with Crippen LogP contribution in [0.15, 0.2) is 48.5 Å². The fourth-order valence-corrected chi connectivity index (χ4v) is 2.23. The average molecular weight is 362 g/mol. The summed E-state index contributed by atoms with van der Waals surface area (Å²) in [6.45, 7) is 0. The normalized spacial score (nSPS) is 10.9. The Labute approximate surface area is 139 Å². The zero-order valence-electron chi connectivity index (χ0n) is 12.0. The van der Waals surface area contributed by atoms with Crippen molar-refractivity contribution in [3.8, 4) is 33.5 Å². The SMILES string of the molecule is O=S(=O)(O)C#Cc1ccc(-c2ccc(C#CS(=O)(=O)O)cc2)cc1. The Morgan fingerprint density at radius 3 is 1.12 bits per heavy atom. The van der Waals surface area contributed by atoms with Crippen molar-refractivity contribution in [2.24, 2.45) is 0 Å². The highest BCUT2D eigenvalue weighted by atomic mass is 32.2. The van der Waals surface area contributed by atoms with Crippen LogP contribution >= 0.6 is 0 Å². The minimum atomic E-state index is -4.34. The van der Waals surface area contributed by atoms with Crippen molar-refractivity contribution >= 4 is 20.2 Å². The first-order valence-electron chi connectivity index (χ1n) is 6.33. The molecular formula is C16H10O6S2. The maximum atomic E-state index is 10.6. The van der Waals surface area contributed by atoms with Gasteiger partial charge in [0, 0.05) is 11.1 Å². The summed E-state index contributed by atoms with van der Waals surface area (Å²) in [6.07, 6.45) is 0. The summed E-state index contributed by atoms with van der Waals surface area (Å²) in [7, 11) is -8.68. The van der Waals surface area contributed by atoms with Crippen LogP contribution in [0, 0.1) is 22.3 Å². The Morgan fingerprint density at radius 2 is 0.875 bits per heavy atom. The third-order valence-corrected chi connectivity index (χ3v) is 3.47. The van der Waals surface area contributed by atoms with Crippen molar-refractivity contribution in [3.63, 3.8) is 0 Å². The molecule has 0 bridgehead atoms. The first-order chi connectivity index (χ1) is 11.1. The quantitative estimate of drug-likeness (QED) is 0.591. The summed E-state index contributed by atoms with van der Waals surface area (Å²) in [5, 5.41) is 3.45. The molecule has 8 heteroatoms. The zero-order chi connectivity index (χ0) is 17.8. The number of hydrogen-bond acceptors (Lipinski definition) is 4. The fraction of sp³-hybridized carbons (Fsp3) is 0. The van der Waals surface area contributed by atoms with Crippen LogP contribution in [-0.4, -0.2) is 25.9 Å². The second-order valence-corrected chi connectivity index (χ2v) is 6.87. The monoisotopic (exact) mass is 362 g/mol. The molecule has 2 aromatic rings. The van der Waals surface area contributed by atoms with Crippen molar-refractivity contribution < 1.29 is 25.9 Å². The molecule has 24 heavy (non-hydrogen) atoms. The van der Waals surface area contributed by atoms with Crippen LogP contribution < -0.4 is 0 Å². The molecule has 122 valence electrons. The Kier molecular flexibility index (Phi) is 5.07. The molecule has 2 aromatic carbocycles. The van der Waals surface area contributed by atoms with Crippen LogP contribution in [0.2, 0.25) is 0 Å². The maximum absolute atomic E-state index is 10.6. The van der Waals surface area contributed by atoms with Gasteiger partial charge in [-0.15, -0.1) is 0 Å². The van der Waals surface area contributed by atoms with E-state index in [1.807, 2.05) is 0 Å². The molecule has 2 rings (SSSR count). The van der Waals surface area contributed by atoms with E-state index in [1.54, 1.807) is 59.0 Å². The molecule has 0 aromatic heterocycles. The molecule has 0 aliphatic carbocycles. The summed E-state index contributed by atoms with van der Waals surface area (Å²) in [4.78, 5) is 0. The predicted molar refractivity (Wildman–Crippen MR) is 88.7 cm³/mol. The summed E-state index contributed by atoms with van der Waals surface area (Å²) >= 11 is 0. The molecule has 0 saturated carbocycles. The van der Waals surface area contributed by atoms with Crippen molar-refractivity contribution in [1.29, 1.82) is 0 Å². The van der Waals surface area contributed by atoms with Gasteiger partial charge in [-0.2, -0.15) is 16.8 Å². The third-order valence-electron chi connectivity index (χ3n) is 2.75. The lowest BCUT2D eigenvalue weighted by Gasteiger charge is -2.02. The molecule has 0 heterocycles. The second-order valence-electron chi connectivity index (χ2n) is 4.56. The first-order valence-corrected chi connectivity index (χ1v) is 9.21. The van der Waals surface area contributed by atoms with Gasteiger partial charge in [-0.25, -0.2) is 0 Å². The van der Waals surface area contributed by atoms with Crippen LogP contribution in [0.1, 0.15) is 11.1 Å². The molecule has 0 saturated heterocycles. The molecule has 0 fully saturated rings. The smallest absolute Gasteiger partial charge is 0.276 e. The average Bonchev–Trinajstić information content (AvgIpc) is 2.51. The maximum Gasteiger partial charge on any atom is 0.335 e. The zero-order valence-corrected chi connectivity index (χ0v) is 13.6. The van der Waals surface area contributed by atoms with E-state index in [1.165, 1.54) is 0 Å². The van der Waals surface area contributed by atoms with E-state index in [0.29, 0.717) is 11.1 Å². The van der Waals surface area contributed by atoms with Crippen LogP contribution in [0.3, 0.4) is 0 Å². The lowest BCUT2D eigenvalue weighted by molar-refractivity contribution is 0.494. The van der Waals surface area contributed by atoms with Crippen molar-refractivity contribution in [1.82, 2.24) is 0 Å². The van der Waals surface area contributed by atoms with Crippen molar-refractivity contribution in [3.05, 3.63) is 59.7 Å². The van der Waals surface area contributed by atoms with Gasteiger partial charge in [0.05, 0.1) is 10.5 Å². The molecular weight excluding hydrogens is 352 g/mol. The van der Waals surface area contributed by atoms with Crippen LogP contribution in [0.5, 0.6) is 0 Å². The molecule has 0 unspecified atom stereocenters.